The number of carbonyl (C=O) groups excluding carboxylic acids is 1. The van der Waals surface area contributed by atoms with Gasteiger partial charge in [-0.1, -0.05) is 35.9 Å². The summed E-state index contributed by atoms with van der Waals surface area (Å²) in [4.78, 5) is 18.8. The number of benzene rings is 1. The molecule has 0 N–H and O–H groups in total. The van der Waals surface area contributed by atoms with Crippen molar-refractivity contribution in [2.45, 2.75) is 25.3 Å². The Morgan fingerprint density at radius 3 is 2.67 bits per heavy atom. The predicted octanol–water partition coefficient (Wildman–Crippen LogP) is 4.10. The summed E-state index contributed by atoms with van der Waals surface area (Å²) in [6, 6.07) is 13.3. The molecule has 21 heavy (non-hydrogen) atoms. The number of hydrogen-bond donors (Lipinski definition) is 0. The summed E-state index contributed by atoms with van der Waals surface area (Å²) in [6.45, 7) is 0.793. The van der Waals surface area contributed by atoms with E-state index in [0.717, 1.165) is 36.9 Å². The summed E-state index contributed by atoms with van der Waals surface area (Å²) in [7, 11) is 0. The summed E-state index contributed by atoms with van der Waals surface area (Å²) in [5, 5.41) is 0.482. The van der Waals surface area contributed by atoms with Crippen LogP contribution >= 0.6 is 11.6 Å². The van der Waals surface area contributed by atoms with E-state index in [1.54, 1.807) is 12.3 Å². The Kier molecular flexibility index (Phi) is 4.20. The first-order valence-electron chi connectivity index (χ1n) is 7.23. The SMILES string of the molecule is O=C(c1ccccc1)N1CCCC[C@H]1c1ccc(Cl)nc1. The highest BCUT2D eigenvalue weighted by Crippen LogP contribution is 2.32. The van der Waals surface area contributed by atoms with Gasteiger partial charge in [-0.3, -0.25) is 4.79 Å². The molecule has 0 radical (unpaired) electrons. The largest absolute Gasteiger partial charge is 0.332 e. The lowest BCUT2D eigenvalue weighted by molar-refractivity contribution is 0.0611. The van der Waals surface area contributed by atoms with Gasteiger partial charge in [0.25, 0.3) is 5.91 Å². The third-order valence-electron chi connectivity index (χ3n) is 3.92. The van der Waals surface area contributed by atoms with Crippen LogP contribution in [-0.4, -0.2) is 22.3 Å². The fraction of sp³-hybridized carbons (Fsp3) is 0.294. The third kappa shape index (κ3) is 3.08. The molecule has 1 atom stereocenters. The lowest BCUT2D eigenvalue weighted by atomic mass is 9.95. The lowest BCUT2D eigenvalue weighted by Gasteiger charge is -2.36. The number of aromatic nitrogens is 1. The molecule has 1 saturated heterocycles. The summed E-state index contributed by atoms with van der Waals surface area (Å²) < 4.78 is 0. The number of pyridine rings is 1. The summed E-state index contributed by atoms with van der Waals surface area (Å²) in [6.07, 6.45) is 4.94. The van der Waals surface area contributed by atoms with E-state index in [4.69, 9.17) is 11.6 Å². The molecule has 1 aliphatic rings. The first-order valence-corrected chi connectivity index (χ1v) is 7.61. The minimum absolute atomic E-state index is 0.0928. The molecule has 3 rings (SSSR count). The second-order valence-corrected chi connectivity index (χ2v) is 5.68. The highest BCUT2D eigenvalue weighted by atomic mass is 35.5. The van der Waals surface area contributed by atoms with Gasteiger partial charge in [-0.25, -0.2) is 4.98 Å². The number of nitrogens with zero attached hydrogens (tertiary/aromatic N) is 2. The Morgan fingerprint density at radius 1 is 1.14 bits per heavy atom. The van der Waals surface area contributed by atoms with Crippen LogP contribution in [0.1, 0.15) is 41.2 Å². The molecule has 0 saturated carbocycles. The van der Waals surface area contributed by atoms with E-state index in [1.165, 1.54) is 0 Å². The molecule has 1 amide bonds. The average Bonchev–Trinajstić information content (AvgIpc) is 2.56. The lowest BCUT2D eigenvalue weighted by Crippen LogP contribution is -2.38. The number of amides is 1. The van der Waals surface area contributed by atoms with Gasteiger partial charge < -0.3 is 4.90 Å². The van der Waals surface area contributed by atoms with Gasteiger partial charge in [-0.2, -0.15) is 0 Å². The molecule has 2 heterocycles. The van der Waals surface area contributed by atoms with Crippen molar-refractivity contribution in [2.75, 3.05) is 6.54 Å². The number of halogens is 1. The molecule has 1 aromatic heterocycles. The van der Waals surface area contributed by atoms with E-state index in [-0.39, 0.29) is 11.9 Å². The summed E-state index contributed by atoms with van der Waals surface area (Å²) in [5.74, 6) is 0.0928. The Hall–Kier alpha value is -1.87. The first kappa shape index (κ1) is 14.1. The molecule has 1 aromatic carbocycles. The standard InChI is InChI=1S/C17H17ClN2O/c18-16-10-9-14(12-19-16)15-8-4-5-11-20(15)17(21)13-6-2-1-3-7-13/h1-3,6-7,9-10,12,15H,4-5,8,11H2/t15-/m0/s1. The van der Waals surface area contributed by atoms with Crippen LogP contribution in [0.2, 0.25) is 5.15 Å². The normalized spacial score (nSPS) is 18.5. The van der Waals surface area contributed by atoms with Crippen LogP contribution in [0.4, 0.5) is 0 Å². The topological polar surface area (TPSA) is 33.2 Å². The van der Waals surface area contributed by atoms with Gasteiger partial charge in [-0.15, -0.1) is 0 Å². The van der Waals surface area contributed by atoms with Crippen LogP contribution in [0, 0.1) is 0 Å². The summed E-state index contributed by atoms with van der Waals surface area (Å²) in [5.41, 5.74) is 1.80. The maximum absolute atomic E-state index is 12.7. The van der Waals surface area contributed by atoms with Crippen LogP contribution in [0.3, 0.4) is 0 Å². The smallest absolute Gasteiger partial charge is 0.254 e. The van der Waals surface area contributed by atoms with Crippen LogP contribution in [-0.2, 0) is 0 Å². The molecule has 4 heteroatoms. The van der Waals surface area contributed by atoms with Crippen molar-refractivity contribution in [3.8, 4) is 0 Å². The van der Waals surface area contributed by atoms with Crippen LogP contribution in [0.5, 0.6) is 0 Å². The van der Waals surface area contributed by atoms with Crippen LogP contribution < -0.4 is 0 Å². The maximum Gasteiger partial charge on any atom is 0.254 e. The molecular weight excluding hydrogens is 284 g/mol. The zero-order valence-corrected chi connectivity index (χ0v) is 12.5. The van der Waals surface area contributed by atoms with Crippen molar-refractivity contribution in [3.05, 3.63) is 64.9 Å². The van der Waals surface area contributed by atoms with Crippen molar-refractivity contribution in [1.29, 1.82) is 0 Å². The van der Waals surface area contributed by atoms with Gasteiger partial charge in [0.05, 0.1) is 6.04 Å². The minimum Gasteiger partial charge on any atom is -0.332 e. The molecule has 0 unspecified atom stereocenters. The quantitative estimate of drug-likeness (QED) is 0.782. The molecule has 108 valence electrons. The van der Waals surface area contributed by atoms with E-state index >= 15 is 0 Å². The fourth-order valence-electron chi connectivity index (χ4n) is 2.85. The van der Waals surface area contributed by atoms with E-state index in [0.29, 0.717) is 5.15 Å². The van der Waals surface area contributed by atoms with Gasteiger partial charge in [0.2, 0.25) is 0 Å². The zero-order valence-electron chi connectivity index (χ0n) is 11.7. The summed E-state index contributed by atoms with van der Waals surface area (Å²) >= 11 is 5.85. The van der Waals surface area contributed by atoms with E-state index in [9.17, 15) is 4.79 Å². The monoisotopic (exact) mass is 300 g/mol. The Bertz CT molecular complexity index is 612. The van der Waals surface area contributed by atoms with Crippen molar-refractivity contribution in [2.24, 2.45) is 0 Å². The van der Waals surface area contributed by atoms with Crippen molar-refractivity contribution in [1.82, 2.24) is 9.88 Å². The number of hydrogen-bond acceptors (Lipinski definition) is 2. The minimum atomic E-state index is 0.0928. The highest BCUT2D eigenvalue weighted by Gasteiger charge is 2.28. The van der Waals surface area contributed by atoms with Crippen molar-refractivity contribution in [3.63, 3.8) is 0 Å². The second kappa shape index (κ2) is 6.27. The van der Waals surface area contributed by atoms with E-state index in [1.807, 2.05) is 41.3 Å². The average molecular weight is 301 g/mol. The number of piperidine rings is 1. The molecule has 1 fully saturated rings. The third-order valence-corrected chi connectivity index (χ3v) is 4.14. The fourth-order valence-corrected chi connectivity index (χ4v) is 2.96. The number of rotatable bonds is 2. The van der Waals surface area contributed by atoms with Gasteiger partial charge in [0.15, 0.2) is 0 Å². The Morgan fingerprint density at radius 2 is 1.95 bits per heavy atom. The molecule has 2 aromatic rings. The number of carbonyl (C=O) groups is 1. The molecule has 0 aliphatic carbocycles. The Balaban J connectivity index is 1.88. The van der Waals surface area contributed by atoms with Crippen molar-refractivity contribution >= 4 is 17.5 Å². The van der Waals surface area contributed by atoms with E-state index < -0.39 is 0 Å². The van der Waals surface area contributed by atoms with Gasteiger partial charge >= 0.3 is 0 Å². The van der Waals surface area contributed by atoms with Crippen LogP contribution in [0.15, 0.2) is 48.7 Å². The van der Waals surface area contributed by atoms with Gasteiger partial charge in [0.1, 0.15) is 5.15 Å². The van der Waals surface area contributed by atoms with Gasteiger partial charge in [0, 0.05) is 18.3 Å². The van der Waals surface area contributed by atoms with Gasteiger partial charge in [-0.05, 0) is 43.0 Å². The first-order chi connectivity index (χ1) is 10.3. The molecular formula is C17H17ClN2O. The molecule has 0 spiro atoms. The maximum atomic E-state index is 12.7. The molecule has 0 bridgehead atoms. The predicted molar refractivity (Wildman–Crippen MR) is 83.3 cm³/mol. The molecule has 3 nitrogen and oxygen atoms in total. The van der Waals surface area contributed by atoms with Crippen LogP contribution in [0.25, 0.3) is 0 Å². The van der Waals surface area contributed by atoms with E-state index in [2.05, 4.69) is 4.98 Å². The molecule has 1 aliphatic heterocycles. The van der Waals surface area contributed by atoms with Crippen molar-refractivity contribution < 1.29 is 4.79 Å². The highest BCUT2D eigenvalue weighted by molar-refractivity contribution is 6.29. The Labute approximate surface area is 129 Å². The number of likely N-dealkylation sites (tertiary alicyclic amines) is 1. The second-order valence-electron chi connectivity index (χ2n) is 5.29. The zero-order chi connectivity index (χ0) is 14.7.